The Morgan fingerprint density at radius 1 is 1.31 bits per heavy atom. The predicted molar refractivity (Wildman–Crippen MR) is 63.6 cm³/mol. The molecular weight excluding hydrogens is 224 g/mol. The summed E-state index contributed by atoms with van der Waals surface area (Å²) in [7, 11) is 0. The first-order valence-electron chi connectivity index (χ1n) is 5.16. The monoisotopic (exact) mass is 236 g/mol. The van der Waals surface area contributed by atoms with E-state index in [-0.39, 0.29) is 0 Å². The molecule has 0 aliphatic heterocycles. The van der Waals surface area contributed by atoms with Crippen LogP contribution in [0.1, 0.15) is 31.0 Å². The van der Waals surface area contributed by atoms with Crippen molar-refractivity contribution in [2.45, 2.75) is 26.7 Å². The third-order valence-electron chi connectivity index (χ3n) is 2.45. The highest BCUT2D eigenvalue weighted by molar-refractivity contribution is 6.30. The number of halogens is 1. The van der Waals surface area contributed by atoms with Gasteiger partial charge in [0.15, 0.2) is 5.82 Å². The standard InChI is InChI=1S/C12H13ClN2O/c1-7(2)10-8(3)14-12(15-11(10)13)9-4-5-16-6-9/h4-7H,1-3H3. The minimum atomic E-state index is 0.325. The van der Waals surface area contributed by atoms with E-state index in [1.165, 1.54) is 0 Å². The van der Waals surface area contributed by atoms with E-state index in [4.69, 9.17) is 16.0 Å². The highest BCUT2D eigenvalue weighted by Crippen LogP contribution is 2.27. The fourth-order valence-electron chi connectivity index (χ4n) is 1.72. The van der Waals surface area contributed by atoms with Crippen LogP contribution >= 0.6 is 11.6 Å². The van der Waals surface area contributed by atoms with Crippen LogP contribution in [0.3, 0.4) is 0 Å². The van der Waals surface area contributed by atoms with Gasteiger partial charge in [-0.05, 0) is 18.9 Å². The van der Waals surface area contributed by atoms with Crippen LogP contribution in [0.15, 0.2) is 23.0 Å². The van der Waals surface area contributed by atoms with E-state index >= 15 is 0 Å². The molecule has 4 heteroatoms. The maximum Gasteiger partial charge on any atom is 0.164 e. The molecule has 0 atom stereocenters. The number of hydrogen-bond donors (Lipinski definition) is 0. The van der Waals surface area contributed by atoms with Gasteiger partial charge in [-0.3, -0.25) is 0 Å². The van der Waals surface area contributed by atoms with Gasteiger partial charge in [-0.1, -0.05) is 25.4 Å². The number of rotatable bonds is 2. The molecule has 0 bridgehead atoms. The lowest BCUT2D eigenvalue weighted by Crippen LogP contribution is -2.01. The lowest BCUT2D eigenvalue weighted by Gasteiger charge is -2.11. The van der Waals surface area contributed by atoms with Crippen LogP contribution in [-0.2, 0) is 0 Å². The first-order valence-corrected chi connectivity index (χ1v) is 5.54. The fourth-order valence-corrected chi connectivity index (χ4v) is 2.16. The van der Waals surface area contributed by atoms with Crippen molar-refractivity contribution in [2.75, 3.05) is 0 Å². The molecule has 0 radical (unpaired) electrons. The van der Waals surface area contributed by atoms with Gasteiger partial charge in [0, 0.05) is 11.3 Å². The highest BCUT2D eigenvalue weighted by atomic mass is 35.5. The van der Waals surface area contributed by atoms with Crippen LogP contribution in [0.25, 0.3) is 11.4 Å². The summed E-state index contributed by atoms with van der Waals surface area (Å²) in [6, 6.07) is 1.82. The van der Waals surface area contributed by atoms with Gasteiger partial charge in [-0.2, -0.15) is 0 Å². The van der Waals surface area contributed by atoms with Crippen LogP contribution in [0.4, 0.5) is 0 Å². The van der Waals surface area contributed by atoms with Crippen LogP contribution in [0.5, 0.6) is 0 Å². The van der Waals surface area contributed by atoms with Gasteiger partial charge in [0.2, 0.25) is 0 Å². The first kappa shape index (κ1) is 11.1. The molecule has 3 nitrogen and oxygen atoms in total. The van der Waals surface area contributed by atoms with Gasteiger partial charge in [-0.25, -0.2) is 9.97 Å². The van der Waals surface area contributed by atoms with Crippen LogP contribution in [0.2, 0.25) is 5.15 Å². The molecule has 0 unspecified atom stereocenters. The maximum atomic E-state index is 6.16. The zero-order valence-electron chi connectivity index (χ0n) is 9.49. The van der Waals surface area contributed by atoms with E-state index in [1.54, 1.807) is 12.5 Å². The third kappa shape index (κ3) is 1.95. The molecule has 0 spiro atoms. The Kier molecular flexibility index (Phi) is 2.97. The SMILES string of the molecule is Cc1nc(-c2ccoc2)nc(Cl)c1C(C)C. The summed E-state index contributed by atoms with van der Waals surface area (Å²) in [5.41, 5.74) is 2.78. The Morgan fingerprint density at radius 2 is 2.06 bits per heavy atom. The van der Waals surface area contributed by atoms with Crippen molar-refractivity contribution in [2.24, 2.45) is 0 Å². The second-order valence-electron chi connectivity index (χ2n) is 4.00. The minimum Gasteiger partial charge on any atom is -0.472 e. The van der Waals surface area contributed by atoms with Gasteiger partial charge in [0.1, 0.15) is 11.4 Å². The Bertz CT molecular complexity index is 469. The van der Waals surface area contributed by atoms with Gasteiger partial charge in [0.25, 0.3) is 0 Å². The fraction of sp³-hybridized carbons (Fsp3) is 0.333. The molecule has 84 valence electrons. The highest BCUT2D eigenvalue weighted by Gasteiger charge is 2.14. The topological polar surface area (TPSA) is 38.9 Å². The number of aryl methyl sites for hydroxylation is 1. The molecular formula is C12H13ClN2O. The molecule has 0 amide bonds. The zero-order chi connectivity index (χ0) is 11.7. The third-order valence-corrected chi connectivity index (χ3v) is 2.73. The van der Waals surface area contributed by atoms with Crippen molar-refractivity contribution in [3.63, 3.8) is 0 Å². The van der Waals surface area contributed by atoms with E-state index < -0.39 is 0 Å². The molecule has 2 rings (SSSR count). The Morgan fingerprint density at radius 3 is 2.56 bits per heavy atom. The summed E-state index contributed by atoms with van der Waals surface area (Å²) in [4.78, 5) is 8.73. The van der Waals surface area contributed by atoms with Crippen molar-refractivity contribution in [1.29, 1.82) is 0 Å². The summed E-state index contributed by atoms with van der Waals surface area (Å²) in [6.45, 7) is 6.11. The van der Waals surface area contributed by atoms with Gasteiger partial charge >= 0.3 is 0 Å². The minimum absolute atomic E-state index is 0.325. The number of hydrogen-bond acceptors (Lipinski definition) is 3. The second kappa shape index (κ2) is 4.26. The molecule has 2 aromatic heterocycles. The van der Waals surface area contributed by atoms with E-state index in [0.29, 0.717) is 16.9 Å². The van der Waals surface area contributed by atoms with Crippen LogP contribution < -0.4 is 0 Å². The lowest BCUT2D eigenvalue weighted by molar-refractivity contribution is 0.568. The number of aromatic nitrogens is 2. The van der Waals surface area contributed by atoms with E-state index in [9.17, 15) is 0 Å². The number of nitrogens with zero attached hydrogens (tertiary/aromatic N) is 2. The van der Waals surface area contributed by atoms with Crippen molar-refractivity contribution < 1.29 is 4.42 Å². The smallest absolute Gasteiger partial charge is 0.164 e. The average molecular weight is 237 g/mol. The van der Waals surface area contributed by atoms with Gasteiger partial charge in [0.05, 0.1) is 11.8 Å². The van der Waals surface area contributed by atoms with Gasteiger partial charge in [-0.15, -0.1) is 0 Å². The number of furan rings is 1. The lowest BCUT2D eigenvalue weighted by atomic mass is 10.0. The Balaban J connectivity index is 2.53. The Hall–Kier alpha value is -1.35. The van der Waals surface area contributed by atoms with Crippen molar-refractivity contribution in [3.8, 4) is 11.4 Å². The molecule has 0 aromatic carbocycles. The summed E-state index contributed by atoms with van der Waals surface area (Å²) >= 11 is 6.16. The zero-order valence-corrected chi connectivity index (χ0v) is 10.2. The summed E-state index contributed by atoms with van der Waals surface area (Å²) in [6.07, 6.45) is 3.21. The van der Waals surface area contributed by atoms with Crippen molar-refractivity contribution in [1.82, 2.24) is 9.97 Å². The molecule has 0 saturated carbocycles. The van der Waals surface area contributed by atoms with Crippen molar-refractivity contribution >= 4 is 11.6 Å². The molecule has 0 aliphatic rings. The second-order valence-corrected chi connectivity index (χ2v) is 4.36. The molecule has 16 heavy (non-hydrogen) atoms. The Labute approximate surface area is 99.5 Å². The van der Waals surface area contributed by atoms with E-state index in [1.807, 2.05) is 13.0 Å². The molecule has 2 heterocycles. The summed E-state index contributed by atoms with van der Waals surface area (Å²) < 4.78 is 5.00. The molecule has 0 aliphatic carbocycles. The summed E-state index contributed by atoms with van der Waals surface area (Å²) in [5.74, 6) is 0.937. The quantitative estimate of drug-likeness (QED) is 0.744. The molecule has 0 N–H and O–H groups in total. The van der Waals surface area contributed by atoms with E-state index in [0.717, 1.165) is 16.8 Å². The molecule has 0 fully saturated rings. The largest absolute Gasteiger partial charge is 0.472 e. The summed E-state index contributed by atoms with van der Waals surface area (Å²) in [5, 5.41) is 0.527. The maximum absolute atomic E-state index is 6.16. The van der Waals surface area contributed by atoms with Crippen molar-refractivity contribution in [3.05, 3.63) is 35.0 Å². The predicted octanol–water partition coefficient (Wildman–Crippen LogP) is 3.82. The van der Waals surface area contributed by atoms with Crippen LogP contribution in [0, 0.1) is 6.92 Å². The normalized spacial score (nSPS) is 11.1. The average Bonchev–Trinajstić information content (AvgIpc) is 2.67. The molecule has 2 aromatic rings. The first-order chi connectivity index (χ1) is 7.59. The van der Waals surface area contributed by atoms with E-state index in [2.05, 4.69) is 23.8 Å². The molecule has 0 saturated heterocycles. The van der Waals surface area contributed by atoms with Crippen LogP contribution in [-0.4, -0.2) is 9.97 Å². The van der Waals surface area contributed by atoms with Gasteiger partial charge < -0.3 is 4.42 Å².